The van der Waals surface area contributed by atoms with Crippen LogP contribution in [0.15, 0.2) is 72.8 Å². The van der Waals surface area contributed by atoms with E-state index in [1.54, 1.807) is 6.92 Å². The van der Waals surface area contributed by atoms with Crippen LogP contribution in [0.25, 0.3) is 11.1 Å². The molecule has 2 aliphatic rings. The maximum atomic E-state index is 13.1. The number of carbonyl (C=O) groups excluding carboxylic acids is 3. The second-order valence-corrected chi connectivity index (χ2v) is 13.7. The standard InChI is InChI=1S/C39H49N3O8/c1-5-47-35(44)23-41-38(46)40-22-30-9-6-7-10-32(30)27-16-18-29(19-17-27)37-48-31(21-34(49-37)28-14-12-26(25-43)13-15-28)24-42-20-8-11-33(42)36(45)50-39(2,3)4/h6-7,9-10,12-19,31,33-34,37,43H,5,8,11,20-25H2,1-4H3,(H2,40,41,46)/t31-,33+,34+,37+/m1/s1. The van der Waals surface area contributed by atoms with Crippen molar-refractivity contribution in [2.45, 2.75) is 90.2 Å². The van der Waals surface area contributed by atoms with E-state index in [0.717, 1.165) is 52.8 Å². The van der Waals surface area contributed by atoms with Crippen molar-refractivity contribution in [2.24, 2.45) is 0 Å². The van der Waals surface area contributed by atoms with Crippen LogP contribution >= 0.6 is 0 Å². The van der Waals surface area contributed by atoms with Gasteiger partial charge in [0, 0.05) is 25.1 Å². The van der Waals surface area contributed by atoms with Crippen molar-refractivity contribution in [1.82, 2.24) is 15.5 Å². The highest BCUT2D eigenvalue weighted by atomic mass is 16.7. The van der Waals surface area contributed by atoms with Crippen LogP contribution in [0.3, 0.4) is 0 Å². The van der Waals surface area contributed by atoms with Crippen LogP contribution in [0, 0.1) is 0 Å². The highest BCUT2D eigenvalue weighted by molar-refractivity contribution is 5.81. The maximum absolute atomic E-state index is 13.1. The monoisotopic (exact) mass is 687 g/mol. The Kier molecular flexibility index (Phi) is 12.6. The third-order valence-corrected chi connectivity index (χ3v) is 8.74. The summed E-state index contributed by atoms with van der Waals surface area (Å²) in [5.41, 5.74) is 4.95. The SMILES string of the molecule is CCOC(=O)CNC(=O)NCc1ccccc1-c1ccc([C@H]2O[C@@H](CN3CCC[C@H]3C(=O)OC(C)(C)C)C[C@@H](c3ccc(CO)cc3)O2)cc1. The van der Waals surface area contributed by atoms with E-state index in [0.29, 0.717) is 13.0 Å². The van der Waals surface area contributed by atoms with E-state index in [9.17, 15) is 19.5 Å². The molecule has 3 N–H and O–H groups in total. The molecule has 0 spiro atoms. The Labute approximate surface area is 294 Å². The Morgan fingerprint density at radius 2 is 1.66 bits per heavy atom. The summed E-state index contributed by atoms with van der Waals surface area (Å²) in [5.74, 6) is -0.689. The quantitative estimate of drug-likeness (QED) is 0.209. The number of aliphatic hydroxyl groups is 1. The molecule has 2 saturated heterocycles. The molecule has 2 amide bonds. The van der Waals surface area contributed by atoms with Gasteiger partial charge in [0.2, 0.25) is 0 Å². The Morgan fingerprint density at radius 3 is 2.36 bits per heavy atom. The minimum absolute atomic E-state index is 0.0323. The molecule has 0 saturated carbocycles. The Balaban J connectivity index is 1.30. The number of likely N-dealkylation sites (tertiary alicyclic amines) is 1. The molecule has 3 aromatic carbocycles. The lowest BCUT2D eigenvalue weighted by atomic mass is 9.97. The normalized spacial score (nSPS) is 21.0. The highest BCUT2D eigenvalue weighted by Gasteiger charge is 2.39. The smallest absolute Gasteiger partial charge is 0.325 e. The van der Waals surface area contributed by atoms with Crippen LogP contribution < -0.4 is 10.6 Å². The van der Waals surface area contributed by atoms with Gasteiger partial charge in [0.05, 0.1) is 25.4 Å². The number of hydrogen-bond donors (Lipinski definition) is 3. The van der Waals surface area contributed by atoms with Gasteiger partial charge >= 0.3 is 18.0 Å². The van der Waals surface area contributed by atoms with Crippen LogP contribution in [0.1, 0.15) is 81.6 Å². The van der Waals surface area contributed by atoms with E-state index >= 15 is 0 Å². The molecule has 2 aliphatic heterocycles. The number of nitrogens with one attached hydrogen (secondary N) is 2. The number of benzene rings is 3. The van der Waals surface area contributed by atoms with Crippen LogP contribution in [0.4, 0.5) is 4.79 Å². The predicted octanol–water partition coefficient (Wildman–Crippen LogP) is 5.56. The number of rotatable bonds is 12. The molecule has 0 bridgehead atoms. The molecular formula is C39H49N3O8. The topological polar surface area (TPSA) is 136 Å². The zero-order valence-corrected chi connectivity index (χ0v) is 29.4. The third-order valence-electron chi connectivity index (χ3n) is 8.74. The van der Waals surface area contributed by atoms with Crippen LogP contribution in [-0.4, -0.2) is 72.0 Å². The lowest BCUT2D eigenvalue weighted by molar-refractivity contribution is -0.253. The van der Waals surface area contributed by atoms with E-state index in [1.165, 1.54) is 0 Å². The molecule has 4 atom stereocenters. The molecule has 11 nitrogen and oxygen atoms in total. The second kappa shape index (κ2) is 17.1. The van der Waals surface area contributed by atoms with Crippen molar-refractivity contribution in [1.29, 1.82) is 0 Å². The fourth-order valence-corrected chi connectivity index (χ4v) is 6.35. The number of hydrogen-bond acceptors (Lipinski definition) is 9. The summed E-state index contributed by atoms with van der Waals surface area (Å²) in [6, 6.07) is 22.8. The average molecular weight is 688 g/mol. The Hall–Kier alpha value is -4.29. The maximum Gasteiger partial charge on any atom is 0.325 e. The number of esters is 2. The van der Waals surface area contributed by atoms with Crippen molar-refractivity contribution in [3.63, 3.8) is 0 Å². The van der Waals surface area contributed by atoms with E-state index in [1.807, 2.05) is 93.6 Å². The minimum atomic E-state index is -0.645. The molecule has 50 heavy (non-hydrogen) atoms. The zero-order valence-electron chi connectivity index (χ0n) is 29.4. The first-order chi connectivity index (χ1) is 24.0. The van der Waals surface area contributed by atoms with E-state index < -0.39 is 23.9 Å². The van der Waals surface area contributed by atoms with Crippen molar-refractivity contribution >= 4 is 18.0 Å². The fourth-order valence-electron chi connectivity index (χ4n) is 6.35. The van der Waals surface area contributed by atoms with Gasteiger partial charge in [0.25, 0.3) is 0 Å². The summed E-state index contributed by atoms with van der Waals surface area (Å²) < 4.78 is 23.8. The predicted molar refractivity (Wildman–Crippen MR) is 188 cm³/mol. The molecule has 0 aromatic heterocycles. The number of aliphatic hydroxyl groups excluding tert-OH is 1. The van der Waals surface area contributed by atoms with Gasteiger partial charge in [-0.05, 0) is 74.9 Å². The second-order valence-electron chi connectivity index (χ2n) is 13.7. The summed E-state index contributed by atoms with van der Waals surface area (Å²) in [6.45, 7) is 9.02. The number of nitrogens with zero attached hydrogens (tertiary/aromatic N) is 1. The fraction of sp³-hybridized carbons (Fsp3) is 0.462. The van der Waals surface area contributed by atoms with E-state index in [-0.39, 0.29) is 50.5 Å². The summed E-state index contributed by atoms with van der Waals surface area (Å²) in [5, 5.41) is 14.9. The van der Waals surface area contributed by atoms with Gasteiger partial charge < -0.3 is 34.7 Å². The molecular weight excluding hydrogens is 638 g/mol. The Bertz CT molecular complexity index is 1590. The molecule has 268 valence electrons. The van der Waals surface area contributed by atoms with Gasteiger partial charge in [-0.3, -0.25) is 14.5 Å². The van der Waals surface area contributed by atoms with Gasteiger partial charge in [0.1, 0.15) is 18.2 Å². The number of ether oxygens (including phenoxy) is 4. The largest absolute Gasteiger partial charge is 0.465 e. The summed E-state index contributed by atoms with van der Waals surface area (Å²) in [6.07, 6.45) is 1.17. The van der Waals surface area contributed by atoms with Crippen LogP contribution in [-0.2, 0) is 41.7 Å². The van der Waals surface area contributed by atoms with Gasteiger partial charge in [-0.25, -0.2) is 4.79 Å². The lowest BCUT2D eigenvalue weighted by Gasteiger charge is -2.38. The number of amides is 2. The van der Waals surface area contributed by atoms with Crippen molar-refractivity contribution < 1.29 is 38.4 Å². The molecule has 3 aromatic rings. The highest BCUT2D eigenvalue weighted by Crippen LogP contribution is 2.39. The molecule has 2 heterocycles. The summed E-state index contributed by atoms with van der Waals surface area (Å²) >= 11 is 0. The van der Waals surface area contributed by atoms with Crippen molar-refractivity contribution in [2.75, 3.05) is 26.2 Å². The molecule has 0 radical (unpaired) electrons. The summed E-state index contributed by atoms with van der Waals surface area (Å²) in [7, 11) is 0. The van der Waals surface area contributed by atoms with E-state index in [2.05, 4.69) is 15.5 Å². The lowest BCUT2D eigenvalue weighted by Crippen LogP contribution is -2.45. The van der Waals surface area contributed by atoms with Crippen LogP contribution in [0.2, 0.25) is 0 Å². The molecule has 11 heteroatoms. The van der Waals surface area contributed by atoms with Gasteiger partial charge in [-0.15, -0.1) is 0 Å². The molecule has 5 rings (SSSR count). The first-order valence-electron chi connectivity index (χ1n) is 17.4. The first kappa shape index (κ1) is 37.0. The van der Waals surface area contributed by atoms with Crippen molar-refractivity contribution in [3.05, 3.63) is 95.1 Å². The zero-order chi connectivity index (χ0) is 35.7. The molecule has 0 aliphatic carbocycles. The van der Waals surface area contributed by atoms with Gasteiger partial charge in [0.15, 0.2) is 6.29 Å². The molecule has 0 unspecified atom stereocenters. The minimum Gasteiger partial charge on any atom is -0.465 e. The van der Waals surface area contributed by atoms with Gasteiger partial charge in [-0.2, -0.15) is 0 Å². The number of urea groups is 1. The van der Waals surface area contributed by atoms with Crippen LogP contribution in [0.5, 0.6) is 0 Å². The number of carbonyl (C=O) groups is 3. The molecule has 2 fully saturated rings. The first-order valence-corrected chi connectivity index (χ1v) is 17.4. The summed E-state index contributed by atoms with van der Waals surface area (Å²) in [4.78, 5) is 39.1. The third kappa shape index (κ3) is 10.1. The Morgan fingerprint density at radius 1 is 0.940 bits per heavy atom. The van der Waals surface area contributed by atoms with Gasteiger partial charge in [-0.1, -0.05) is 72.8 Å². The van der Waals surface area contributed by atoms with Crippen molar-refractivity contribution in [3.8, 4) is 11.1 Å². The average Bonchev–Trinajstić information content (AvgIpc) is 3.57. The van der Waals surface area contributed by atoms with E-state index in [4.69, 9.17) is 18.9 Å².